The van der Waals surface area contributed by atoms with Crippen LogP contribution in [0.2, 0.25) is 0 Å². The highest BCUT2D eigenvalue weighted by molar-refractivity contribution is 5.80. The van der Waals surface area contributed by atoms with Crippen molar-refractivity contribution in [2.45, 2.75) is 58.4 Å². The van der Waals surface area contributed by atoms with Crippen LogP contribution in [-0.4, -0.2) is 18.4 Å². The smallest absolute Gasteiger partial charge is 0.137 e. The Kier molecular flexibility index (Phi) is 5.15. The Hall–Kier alpha value is -1.15. The minimum atomic E-state index is 0.371. The maximum atomic E-state index is 12.0. The van der Waals surface area contributed by atoms with Crippen molar-refractivity contribution in [1.82, 2.24) is 5.32 Å². The van der Waals surface area contributed by atoms with Gasteiger partial charge in [-0.25, -0.2) is 0 Å². The summed E-state index contributed by atoms with van der Waals surface area (Å²) in [5, 5.41) is 3.50. The third-order valence-corrected chi connectivity index (χ3v) is 4.16. The number of ketones is 1. The Morgan fingerprint density at radius 3 is 2.79 bits per heavy atom. The van der Waals surface area contributed by atoms with E-state index in [0.717, 1.165) is 18.5 Å². The highest BCUT2D eigenvalue weighted by Gasteiger charge is 2.14. The molecule has 1 N–H and O–H groups in total. The fourth-order valence-electron chi connectivity index (χ4n) is 2.74. The van der Waals surface area contributed by atoms with Gasteiger partial charge in [0.15, 0.2) is 0 Å². The van der Waals surface area contributed by atoms with Gasteiger partial charge in [-0.05, 0) is 56.3 Å². The van der Waals surface area contributed by atoms with E-state index >= 15 is 0 Å². The molecule has 1 saturated heterocycles. The monoisotopic (exact) mass is 259 g/mol. The van der Waals surface area contributed by atoms with Crippen LogP contribution in [0.5, 0.6) is 0 Å². The molecule has 0 aliphatic carbocycles. The molecule has 1 fully saturated rings. The highest BCUT2D eigenvalue weighted by atomic mass is 16.1. The summed E-state index contributed by atoms with van der Waals surface area (Å²) in [5.74, 6) is 0.371. The lowest BCUT2D eigenvalue weighted by Gasteiger charge is -2.23. The summed E-state index contributed by atoms with van der Waals surface area (Å²) in [6.45, 7) is 5.33. The van der Waals surface area contributed by atoms with Gasteiger partial charge in [0.25, 0.3) is 0 Å². The second-order valence-electron chi connectivity index (χ2n) is 5.82. The summed E-state index contributed by atoms with van der Waals surface area (Å²) in [6.07, 6.45) is 6.13. The molecular formula is C17H25NO. The van der Waals surface area contributed by atoms with Gasteiger partial charge < -0.3 is 5.32 Å². The number of hydrogen-bond donors (Lipinski definition) is 1. The Morgan fingerprint density at radius 2 is 2.11 bits per heavy atom. The van der Waals surface area contributed by atoms with Gasteiger partial charge in [0.05, 0.1) is 0 Å². The van der Waals surface area contributed by atoms with Crippen LogP contribution in [-0.2, 0) is 11.2 Å². The van der Waals surface area contributed by atoms with E-state index in [0.29, 0.717) is 24.7 Å². The summed E-state index contributed by atoms with van der Waals surface area (Å²) < 4.78 is 0. The summed E-state index contributed by atoms with van der Waals surface area (Å²) in [5.41, 5.74) is 3.73. The van der Waals surface area contributed by atoms with E-state index in [1.54, 1.807) is 0 Å². The van der Waals surface area contributed by atoms with Crippen LogP contribution < -0.4 is 5.32 Å². The number of aryl methyl sites for hydroxylation is 2. The maximum Gasteiger partial charge on any atom is 0.137 e. The van der Waals surface area contributed by atoms with Crippen molar-refractivity contribution in [1.29, 1.82) is 0 Å². The van der Waals surface area contributed by atoms with Gasteiger partial charge in [-0.1, -0.05) is 24.6 Å². The first-order valence-electron chi connectivity index (χ1n) is 7.46. The molecule has 104 valence electrons. The van der Waals surface area contributed by atoms with Crippen molar-refractivity contribution < 1.29 is 4.79 Å². The first-order valence-corrected chi connectivity index (χ1v) is 7.46. The second kappa shape index (κ2) is 6.85. The van der Waals surface area contributed by atoms with Gasteiger partial charge in [0.1, 0.15) is 5.78 Å². The van der Waals surface area contributed by atoms with Crippen LogP contribution >= 0.6 is 0 Å². The Morgan fingerprint density at radius 1 is 1.26 bits per heavy atom. The van der Waals surface area contributed by atoms with E-state index in [4.69, 9.17) is 0 Å². The van der Waals surface area contributed by atoms with E-state index in [-0.39, 0.29) is 0 Å². The first-order chi connectivity index (χ1) is 9.15. The largest absolute Gasteiger partial charge is 0.314 e. The minimum Gasteiger partial charge on any atom is -0.314 e. The molecule has 1 unspecified atom stereocenters. The molecule has 1 aliphatic rings. The van der Waals surface area contributed by atoms with Crippen LogP contribution in [0, 0.1) is 13.8 Å². The van der Waals surface area contributed by atoms with Crippen LogP contribution in [0.15, 0.2) is 18.2 Å². The maximum absolute atomic E-state index is 12.0. The van der Waals surface area contributed by atoms with Gasteiger partial charge in [-0.15, -0.1) is 0 Å². The summed E-state index contributed by atoms with van der Waals surface area (Å²) in [7, 11) is 0. The fourth-order valence-corrected chi connectivity index (χ4v) is 2.74. The minimum absolute atomic E-state index is 0.371. The number of rotatable bonds is 5. The molecule has 1 atom stereocenters. The van der Waals surface area contributed by atoms with Crippen LogP contribution in [0.4, 0.5) is 0 Å². The molecule has 0 amide bonds. The third-order valence-electron chi connectivity index (χ3n) is 4.16. The number of carbonyl (C=O) groups excluding carboxylic acids is 1. The molecule has 1 aromatic carbocycles. The van der Waals surface area contributed by atoms with E-state index < -0.39 is 0 Å². The summed E-state index contributed by atoms with van der Waals surface area (Å²) >= 11 is 0. The molecule has 2 rings (SSSR count). The first kappa shape index (κ1) is 14.3. The topological polar surface area (TPSA) is 29.1 Å². The third kappa shape index (κ3) is 4.46. The van der Waals surface area contributed by atoms with Gasteiger partial charge in [0.2, 0.25) is 0 Å². The molecule has 0 radical (unpaired) electrons. The molecule has 2 nitrogen and oxygen atoms in total. The summed E-state index contributed by atoms with van der Waals surface area (Å²) in [6, 6.07) is 6.91. The van der Waals surface area contributed by atoms with Gasteiger partial charge in [0, 0.05) is 18.9 Å². The Bertz CT molecular complexity index is 433. The summed E-state index contributed by atoms with van der Waals surface area (Å²) in [4.78, 5) is 12.0. The van der Waals surface area contributed by atoms with Crippen molar-refractivity contribution in [3.05, 3.63) is 34.9 Å². The number of nitrogens with one attached hydrogen (secondary N) is 1. The number of hydrogen-bond acceptors (Lipinski definition) is 2. The predicted molar refractivity (Wildman–Crippen MR) is 79.5 cm³/mol. The molecular weight excluding hydrogens is 234 g/mol. The number of piperidine rings is 1. The van der Waals surface area contributed by atoms with Crippen molar-refractivity contribution >= 4 is 5.78 Å². The molecule has 2 heteroatoms. The van der Waals surface area contributed by atoms with Gasteiger partial charge in [-0.3, -0.25) is 4.79 Å². The van der Waals surface area contributed by atoms with Gasteiger partial charge in [-0.2, -0.15) is 0 Å². The van der Waals surface area contributed by atoms with Crippen LogP contribution in [0.1, 0.15) is 48.8 Å². The zero-order valence-electron chi connectivity index (χ0n) is 12.2. The molecule has 0 saturated carbocycles. The zero-order chi connectivity index (χ0) is 13.7. The van der Waals surface area contributed by atoms with E-state index in [9.17, 15) is 4.79 Å². The molecule has 0 aromatic heterocycles. The van der Waals surface area contributed by atoms with Crippen LogP contribution in [0.25, 0.3) is 0 Å². The standard InChI is InChI=1S/C17H25NO/c1-13-6-7-15(11-14(13)2)12-17(19)9-8-16-5-3-4-10-18-16/h6-7,11,16,18H,3-5,8-10,12H2,1-2H3. The molecule has 0 bridgehead atoms. The van der Waals surface area contributed by atoms with Crippen molar-refractivity contribution in [3.63, 3.8) is 0 Å². The number of benzene rings is 1. The normalized spacial score (nSPS) is 19.4. The number of carbonyl (C=O) groups is 1. The zero-order valence-corrected chi connectivity index (χ0v) is 12.2. The second-order valence-corrected chi connectivity index (χ2v) is 5.82. The van der Waals surface area contributed by atoms with Crippen LogP contribution in [0.3, 0.4) is 0 Å². The van der Waals surface area contributed by atoms with Crippen molar-refractivity contribution in [2.24, 2.45) is 0 Å². The predicted octanol–water partition coefficient (Wildman–Crippen LogP) is 3.34. The highest BCUT2D eigenvalue weighted by Crippen LogP contribution is 2.14. The molecule has 1 aromatic rings. The molecule has 19 heavy (non-hydrogen) atoms. The van der Waals surface area contributed by atoms with E-state index in [1.807, 2.05) is 0 Å². The Balaban J connectivity index is 1.78. The average molecular weight is 259 g/mol. The lowest BCUT2D eigenvalue weighted by atomic mass is 9.96. The lowest BCUT2D eigenvalue weighted by molar-refractivity contribution is -0.118. The Labute approximate surface area is 116 Å². The van der Waals surface area contributed by atoms with Crippen molar-refractivity contribution in [2.75, 3.05) is 6.54 Å². The van der Waals surface area contributed by atoms with Gasteiger partial charge >= 0.3 is 0 Å². The average Bonchev–Trinajstić information content (AvgIpc) is 2.42. The molecule has 1 aliphatic heterocycles. The van der Waals surface area contributed by atoms with E-state index in [1.165, 1.54) is 30.4 Å². The fraction of sp³-hybridized carbons (Fsp3) is 0.588. The van der Waals surface area contributed by atoms with E-state index in [2.05, 4.69) is 37.4 Å². The van der Waals surface area contributed by atoms with Crippen molar-refractivity contribution in [3.8, 4) is 0 Å². The molecule has 0 spiro atoms. The number of Topliss-reactive ketones (excluding diaryl/α,β-unsaturated/α-hetero) is 1. The quantitative estimate of drug-likeness (QED) is 0.878. The molecule has 1 heterocycles. The lowest BCUT2D eigenvalue weighted by Crippen LogP contribution is -2.34. The SMILES string of the molecule is Cc1ccc(CC(=O)CCC2CCCCN2)cc1C.